The van der Waals surface area contributed by atoms with Gasteiger partial charge in [-0.25, -0.2) is 14.3 Å². The van der Waals surface area contributed by atoms with Gasteiger partial charge in [0.1, 0.15) is 17.2 Å². The number of hydrogen-bond acceptors (Lipinski definition) is 4. The van der Waals surface area contributed by atoms with Crippen LogP contribution in [0.4, 0.5) is 4.79 Å². The Bertz CT molecular complexity index is 1400. The van der Waals surface area contributed by atoms with E-state index in [0.29, 0.717) is 27.1 Å². The zero-order valence-electron chi connectivity index (χ0n) is 19.5. The standard InChI is InChI=1S/C28H24Cl2N2O3/c1-28(2,3)35-27(34)32-17-25(23-13-10-21(29)16-24(23)30)31-26(32)14-7-18-5-4-6-20(15-18)19-8-11-22(33)12-9-19/h4-17,33H,1-3H3. The summed E-state index contributed by atoms with van der Waals surface area (Å²) in [6.45, 7) is 5.43. The van der Waals surface area contributed by atoms with Crippen molar-refractivity contribution in [2.45, 2.75) is 26.4 Å². The number of phenolic OH excluding ortho intramolecular Hbond substituents is 1. The lowest BCUT2D eigenvalue weighted by atomic mass is 10.0. The summed E-state index contributed by atoms with van der Waals surface area (Å²) in [6, 6.07) is 20.0. The van der Waals surface area contributed by atoms with Crippen molar-refractivity contribution < 1.29 is 14.6 Å². The Morgan fingerprint density at radius 2 is 1.71 bits per heavy atom. The first kappa shape index (κ1) is 24.6. The lowest BCUT2D eigenvalue weighted by Gasteiger charge is -2.19. The van der Waals surface area contributed by atoms with Crippen LogP contribution in [0.25, 0.3) is 34.5 Å². The first-order valence-corrected chi connectivity index (χ1v) is 11.7. The summed E-state index contributed by atoms with van der Waals surface area (Å²) in [5.41, 5.74) is 3.40. The number of imidazole rings is 1. The van der Waals surface area contributed by atoms with Crippen molar-refractivity contribution in [1.82, 2.24) is 9.55 Å². The first-order chi connectivity index (χ1) is 16.6. The number of aromatic hydroxyl groups is 1. The van der Waals surface area contributed by atoms with Gasteiger partial charge < -0.3 is 9.84 Å². The fraction of sp³-hybridized carbons (Fsp3) is 0.143. The van der Waals surface area contributed by atoms with Gasteiger partial charge >= 0.3 is 6.09 Å². The van der Waals surface area contributed by atoms with E-state index in [1.165, 1.54) is 4.57 Å². The molecule has 4 aromatic rings. The summed E-state index contributed by atoms with van der Waals surface area (Å²) in [4.78, 5) is 17.6. The smallest absolute Gasteiger partial charge is 0.420 e. The number of carbonyl (C=O) groups excluding carboxylic acids is 1. The molecule has 0 aliphatic rings. The molecule has 0 aliphatic carbocycles. The summed E-state index contributed by atoms with van der Waals surface area (Å²) in [5, 5.41) is 10.5. The van der Waals surface area contributed by atoms with Crippen molar-refractivity contribution in [3.8, 4) is 28.1 Å². The maximum Gasteiger partial charge on any atom is 0.420 e. The fourth-order valence-corrected chi connectivity index (χ4v) is 3.95. The number of ether oxygens (including phenoxy) is 1. The Labute approximate surface area is 214 Å². The quantitative estimate of drug-likeness (QED) is 0.303. The van der Waals surface area contributed by atoms with Crippen LogP contribution in [0.5, 0.6) is 5.75 Å². The van der Waals surface area contributed by atoms with Gasteiger partial charge in [0.15, 0.2) is 0 Å². The molecule has 1 N–H and O–H groups in total. The molecule has 0 spiro atoms. The molecule has 0 saturated heterocycles. The molecule has 0 saturated carbocycles. The van der Waals surface area contributed by atoms with Crippen LogP contribution in [0.1, 0.15) is 32.2 Å². The largest absolute Gasteiger partial charge is 0.508 e. The Balaban J connectivity index is 1.71. The van der Waals surface area contributed by atoms with Crippen LogP contribution in [0.2, 0.25) is 10.0 Å². The second-order valence-corrected chi connectivity index (χ2v) is 9.81. The molecule has 0 atom stereocenters. The van der Waals surface area contributed by atoms with Crippen molar-refractivity contribution in [3.63, 3.8) is 0 Å². The van der Waals surface area contributed by atoms with Crippen molar-refractivity contribution in [1.29, 1.82) is 0 Å². The minimum atomic E-state index is -0.668. The Hall–Kier alpha value is -3.54. The van der Waals surface area contributed by atoms with Crippen LogP contribution in [0.15, 0.2) is 72.9 Å². The molecule has 7 heteroatoms. The van der Waals surface area contributed by atoms with Crippen molar-refractivity contribution in [2.75, 3.05) is 0 Å². The van der Waals surface area contributed by atoms with Crippen molar-refractivity contribution in [2.24, 2.45) is 0 Å². The molecule has 4 rings (SSSR count). The van der Waals surface area contributed by atoms with Gasteiger partial charge in [0, 0.05) is 16.8 Å². The average molecular weight is 507 g/mol. The second-order valence-electron chi connectivity index (χ2n) is 8.96. The molecule has 0 amide bonds. The predicted octanol–water partition coefficient (Wildman–Crippen LogP) is 8.18. The van der Waals surface area contributed by atoms with E-state index >= 15 is 0 Å². The molecule has 0 radical (unpaired) electrons. The topological polar surface area (TPSA) is 64.4 Å². The van der Waals surface area contributed by atoms with E-state index in [9.17, 15) is 9.90 Å². The van der Waals surface area contributed by atoms with Gasteiger partial charge in [-0.05, 0) is 79.9 Å². The molecule has 5 nitrogen and oxygen atoms in total. The van der Waals surface area contributed by atoms with Crippen molar-refractivity contribution in [3.05, 3.63) is 94.4 Å². The fourth-order valence-electron chi connectivity index (χ4n) is 3.44. The number of benzene rings is 3. The highest BCUT2D eigenvalue weighted by Gasteiger charge is 2.21. The number of carbonyl (C=O) groups is 1. The number of aromatic nitrogens is 2. The summed E-state index contributed by atoms with van der Waals surface area (Å²) in [6.07, 6.45) is 4.70. The van der Waals surface area contributed by atoms with Gasteiger partial charge in [-0.15, -0.1) is 0 Å². The zero-order chi connectivity index (χ0) is 25.2. The van der Waals surface area contributed by atoms with Crippen LogP contribution < -0.4 is 0 Å². The second kappa shape index (κ2) is 9.98. The third-order valence-electron chi connectivity index (χ3n) is 5.04. The molecular formula is C28H24Cl2N2O3. The Morgan fingerprint density at radius 3 is 2.40 bits per heavy atom. The van der Waals surface area contributed by atoms with Gasteiger partial charge in [-0.2, -0.15) is 0 Å². The predicted molar refractivity (Wildman–Crippen MR) is 142 cm³/mol. The zero-order valence-corrected chi connectivity index (χ0v) is 21.0. The van der Waals surface area contributed by atoms with E-state index in [2.05, 4.69) is 4.98 Å². The summed E-state index contributed by atoms with van der Waals surface area (Å²) in [5.74, 6) is 0.616. The third kappa shape index (κ3) is 6.13. The van der Waals surface area contributed by atoms with Gasteiger partial charge in [-0.1, -0.05) is 59.6 Å². The monoisotopic (exact) mass is 506 g/mol. The lowest BCUT2D eigenvalue weighted by Crippen LogP contribution is -2.27. The number of rotatable bonds is 4. The molecule has 3 aromatic carbocycles. The van der Waals surface area contributed by atoms with E-state index in [1.807, 2.05) is 63.2 Å². The number of phenols is 1. The van der Waals surface area contributed by atoms with Crippen LogP contribution in [0.3, 0.4) is 0 Å². The average Bonchev–Trinajstić information content (AvgIpc) is 3.21. The van der Waals surface area contributed by atoms with Gasteiger partial charge in [0.25, 0.3) is 0 Å². The van der Waals surface area contributed by atoms with Crippen LogP contribution >= 0.6 is 23.2 Å². The van der Waals surface area contributed by atoms with Crippen LogP contribution in [-0.4, -0.2) is 26.4 Å². The number of halogens is 2. The maximum absolute atomic E-state index is 12.9. The van der Waals surface area contributed by atoms with E-state index in [-0.39, 0.29) is 5.75 Å². The molecule has 0 aliphatic heterocycles. The summed E-state index contributed by atoms with van der Waals surface area (Å²) < 4.78 is 6.94. The molecule has 178 valence electrons. The molecule has 1 heterocycles. The highest BCUT2D eigenvalue weighted by molar-refractivity contribution is 6.36. The number of nitrogens with zero attached hydrogens (tertiary/aromatic N) is 2. The molecule has 35 heavy (non-hydrogen) atoms. The van der Waals surface area contributed by atoms with Gasteiger partial charge in [0.05, 0.1) is 10.7 Å². The SMILES string of the molecule is CC(C)(C)OC(=O)n1cc(-c2ccc(Cl)cc2Cl)nc1C=Cc1cccc(-c2ccc(O)cc2)c1. The number of hydrogen-bond donors (Lipinski definition) is 1. The molecule has 0 bridgehead atoms. The van der Waals surface area contributed by atoms with Crippen LogP contribution in [0, 0.1) is 0 Å². The highest BCUT2D eigenvalue weighted by Crippen LogP contribution is 2.31. The molecule has 0 unspecified atom stereocenters. The highest BCUT2D eigenvalue weighted by atomic mass is 35.5. The van der Waals surface area contributed by atoms with E-state index < -0.39 is 11.7 Å². The maximum atomic E-state index is 12.9. The van der Waals surface area contributed by atoms with Gasteiger partial charge in [-0.3, -0.25) is 0 Å². The van der Waals surface area contributed by atoms with Crippen molar-refractivity contribution >= 4 is 41.4 Å². The molecule has 1 aromatic heterocycles. The van der Waals surface area contributed by atoms with E-state index in [0.717, 1.165) is 16.7 Å². The minimum absolute atomic E-state index is 0.218. The summed E-state index contributed by atoms with van der Waals surface area (Å²) >= 11 is 12.4. The minimum Gasteiger partial charge on any atom is -0.508 e. The molecular weight excluding hydrogens is 483 g/mol. The van der Waals surface area contributed by atoms with Crippen LogP contribution in [-0.2, 0) is 4.74 Å². The Morgan fingerprint density at radius 1 is 0.971 bits per heavy atom. The lowest BCUT2D eigenvalue weighted by molar-refractivity contribution is 0.0535. The normalized spacial score (nSPS) is 11.7. The molecule has 0 fully saturated rings. The Kier molecular flexibility index (Phi) is 7.01. The van der Waals surface area contributed by atoms with E-state index in [4.69, 9.17) is 27.9 Å². The third-order valence-corrected chi connectivity index (χ3v) is 5.59. The summed E-state index contributed by atoms with van der Waals surface area (Å²) in [7, 11) is 0. The van der Waals surface area contributed by atoms with Gasteiger partial charge in [0.2, 0.25) is 0 Å². The van der Waals surface area contributed by atoms with E-state index in [1.54, 1.807) is 42.6 Å². The first-order valence-electron chi connectivity index (χ1n) is 10.9.